The van der Waals surface area contributed by atoms with Gasteiger partial charge in [0.1, 0.15) is 10.5 Å². The fourth-order valence-electron chi connectivity index (χ4n) is 5.09. The molecule has 6 fully saturated rings. The van der Waals surface area contributed by atoms with E-state index in [1.165, 1.54) is 0 Å². The number of carbonyl (C=O) groups excluding carboxylic acids is 1. The molecule has 6 saturated heterocycles. The molecule has 0 aromatic rings. The lowest BCUT2D eigenvalue weighted by Gasteiger charge is -2.54. The van der Waals surface area contributed by atoms with Crippen molar-refractivity contribution in [3.63, 3.8) is 0 Å². The van der Waals surface area contributed by atoms with E-state index >= 15 is 0 Å². The summed E-state index contributed by atoms with van der Waals surface area (Å²) < 4.78 is 81.4. The summed E-state index contributed by atoms with van der Waals surface area (Å²) in [5.41, 5.74) is -0.605. The number of hydrogen-bond acceptors (Lipinski definition) is 14. The highest BCUT2D eigenvalue weighted by atomic mass is 28.6. The Labute approximate surface area is 288 Å². The van der Waals surface area contributed by atoms with E-state index in [0.717, 1.165) is 0 Å². The van der Waals surface area contributed by atoms with E-state index in [1.807, 2.05) is 69.2 Å². The van der Waals surface area contributed by atoms with Crippen molar-refractivity contribution < 1.29 is 59.6 Å². The van der Waals surface area contributed by atoms with Crippen molar-refractivity contribution in [1.29, 1.82) is 0 Å². The molecule has 23 heteroatoms. The van der Waals surface area contributed by atoms with Gasteiger partial charge in [-0.1, -0.05) is 55.4 Å². The fourth-order valence-corrected chi connectivity index (χ4v) is 48.1. The van der Waals surface area contributed by atoms with Crippen LogP contribution in [0.4, 0.5) is 0 Å². The van der Waals surface area contributed by atoms with Crippen LogP contribution in [0.1, 0.15) is 82.1 Å². The van der Waals surface area contributed by atoms with Gasteiger partial charge in [-0.15, -0.1) is 0 Å². The van der Waals surface area contributed by atoms with Gasteiger partial charge in [0.15, 0.2) is 0 Å². The van der Waals surface area contributed by atoms with E-state index in [1.54, 1.807) is 0 Å². The van der Waals surface area contributed by atoms with Crippen molar-refractivity contribution in [3.05, 3.63) is 0 Å². The summed E-state index contributed by atoms with van der Waals surface area (Å²) in [4.78, 5) is 25.0. The Hall–Kier alpha value is 0.942. The maximum atomic E-state index is 12.8. The number of ether oxygens (including phenoxy) is 1. The second kappa shape index (κ2) is 16.5. The molecule has 0 aliphatic carbocycles. The Balaban J connectivity index is 2.24. The molecule has 8 unspecified atom stereocenters. The van der Waals surface area contributed by atoms with Gasteiger partial charge in [-0.3, -0.25) is 4.79 Å². The maximum Gasteiger partial charge on any atom is 0.483 e. The second-order valence-electron chi connectivity index (χ2n) is 12.3. The van der Waals surface area contributed by atoms with Gasteiger partial charge in [0.2, 0.25) is 0 Å². The van der Waals surface area contributed by atoms with Crippen LogP contribution in [0.5, 0.6) is 0 Å². The molecule has 4 bridgehead atoms. The van der Waals surface area contributed by atoms with Crippen molar-refractivity contribution in [1.82, 2.24) is 0 Å². The van der Waals surface area contributed by atoms with Crippen LogP contribution in [0.3, 0.4) is 0 Å². The molecule has 6 heterocycles. The molecule has 0 aromatic heterocycles. The quantitative estimate of drug-likeness (QED) is 0.156. The third-order valence-electron chi connectivity index (χ3n) is 8.57. The fraction of sp³-hybridized carbons (Fsp3) is 0.957. The van der Waals surface area contributed by atoms with Crippen LogP contribution in [-0.2, 0) is 54.8 Å². The first-order chi connectivity index (χ1) is 21.6. The van der Waals surface area contributed by atoms with Crippen LogP contribution in [-0.4, -0.2) is 99.3 Å². The standard InChI is InChI=1S/C23H58O14Si9/c1-11-23(9,10)22(24)26-20-19-21-46-31-40(13-3)28-43(16-6,32-41(25,14-4)33-46)36-44(17-7)29-39(12-2)30-45(18-8,37-46)35-42(15-5,27-38)34-44/h25,39-40H,11-21H2,1-10,38H3. The van der Waals surface area contributed by atoms with E-state index in [9.17, 15) is 9.59 Å². The lowest BCUT2D eigenvalue weighted by Crippen LogP contribution is -2.77. The first-order valence-corrected chi connectivity index (χ1v) is 32.9. The minimum Gasteiger partial charge on any atom is -0.465 e. The SMILES string of the molecule is CC[SiH]1O[Si]2(CC)O[Si](O)(CC)O[Si](CCCOC(=O)C(C)(C)CC)(O1)O[Si]1(CC)O[SiH](CC)O[Si](CC)(O2)O[Si](CC)(O[SiH3])O1. The molecule has 0 saturated carbocycles. The van der Waals surface area contributed by atoms with Crippen molar-refractivity contribution >= 4 is 87.8 Å². The van der Waals surface area contributed by atoms with Crippen molar-refractivity contribution in [2.45, 2.75) is 130 Å². The molecule has 8 atom stereocenters. The molecule has 6 aliphatic rings. The monoisotopic (exact) mass is 810 g/mol. The summed E-state index contributed by atoms with van der Waals surface area (Å²) in [6.45, 7) is 19.4. The first-order valence-electron chi connectivity index (χ1n) is 16.9. The lowest BCUT2D eigenvalue weighted by molar-refractivity contribution is -0.154. The second-order valence-corrected chi connectivity index (χ2v) is 38.3. The van der Waals surface area contributed by atoms with Crippen molar-refractivity contribution in [2.24, 2.45) is 5.41 Å². The summed E-state index contributed by atoms with van der Waals surface area (Å²) in [7, 11) is -27.4. The molecular formula is C23H58O14Si9. The smallest absolute Gasteiger partial charge is 0.465 e. The molecule has 6 rings (SSSR count). The van der Waals surface area contributed by atoms with Crippen LogP contribution in [0, 0.1) is 5.41 Å². The normalized spacial score (nSPS) is 40.6. The summed E-state index contributed by atoms with van der Waals surface area (Å²) in [6.07, 6.45) is 1.01. The van der Waals surface area contributed by atoms with E-state index in [-0.39, 0.29) is 24.7 Å². The van der Waals surface area contributed by atoms with E-state index < -0.39 is 76.8 Å². The van der Waals surface area contributed by atoms with Crippen molar-refractivity contribution in [2.75, 3.05) is 6.61 Å². The van der Waals surface area contributed by atoms with E-state index in [2.05, 4.69) is 0 Å². The first kappa shape index (κ1) is 41.4. The number of carbonyl (C=O) groups is 1. The molecular weight excluding hydrogens is 753 g/mol. The van der Waals surface area contributed by atoms with Crippen LogP contribution < -0.4 is 0 Å². The largest absolute Gasteiger partial charge is 0.483 e. The molecule has 0 aromatic carbocycles. The summed E-state index contributed by atoms with van der Waals surface area (Å²) >= 11 is 0. The third-order valence-corrected chi connectivity index (χ3v) is 42.7. The lowest BCUT2D eigenvalue weighted by atomic mass is 9.91. The van der Waals surface area contributed by atoms with Crippen LogP contribution >= 0.6 is 0 Å². The van der Waals surface area contributed by atoms with Gasteiger partial charge in [-0.2, -0.15) is 0 Å². The summed E-state index contributed by atoms with van der Waals surface area (Å²) in [5, 5.41) is 0. The predicted molar refractivity (Wildman–Crippen MR) is 191 cm³/mol. The number of esters is 1. The Morgan fingerprint density at radius 1 is 0.696 bits per heavy atom. The van der Waals surface area contributed by atoms with Gasteiger partial charge in [-0.25, -0.2) is 0 Å². The molecule has 0 spiro atoms. The zero-order chi connectivity index (χ0) is 34.5. The molecule has 0 radical (unpaired) electrons. The van der Waals surface area contributed by atoms with Gasteiger partial charge >= 0.3 is 77.4 Å². The average Bonchev–Trinajstić information content (AvgIpc) is 3.03. The number of rotatable bonds is 14. The molecule has 0 amide bonds. The van der Waals surface area contributed by atoms with Crippen LogP contribution in [0.2, 0.25) is 48.4 Å². The highest BCUT2D eigenvalue weighted by molar-refractivity contribution is 6.95. The summed E-state index contributed by atoms with van der Waals surface area (Å²) in [6, 6.07) is 3.11. The van der Waals surface area contributed by atoms with E-state index in [4.69, 9.17) is 50.0 Å². The van der Waals surface area contributed by atoms with Gasteiger partial charge in [-0.05, 0) is 38.8 Å². The maximum absolute atomic E-state index is 12.8. The molecule has 270 valence electrons. The average molecular weight is 811 g/mol. The van der Waals surface area contributed by atoms with Crippen molar-refractivity contribution in [3.8, 4) is 0 Å². The Morgan fingerprint density at radius 3 is 1.57 bits per heavy atom. The molecule has 1 N–H and O–H groups in total. The third kappa shape index (κ3) is 9.43. The predicted octanol–water partition coefficient (Wildman–Crippen LogP) is 3.07. The summed E-state index contributed by atoms with van der Waals surface area (Å²) in [5.74, 6) is -0.278. The minimum absolute atomic E-state index is 0.124. The van der Waals surface area contributed by atoms with Gasteiger partial charge in [0, 0.05) is 36.3 Å². The zero-order valence-corrected chi connectivity index (χ0v) is 40.0. The van der Waals surface area contributed by atoms with Gasteiger partial charge in [0.25, 0.3) is 0 Å². The highest BCUT2D eigenvalue weighted by Gasteiger charge is 2.70. The van der Waals surface area contributed by atoms with Crippen LogP contribution in [0.25, 0.3) is 0 Å². The Bertz CT molecular complexity index is 1020. The molecule has 46 heavy (non-hydrogen) atoms. The Kier molecular flexibility index (Phi) is 14.9. The van der Waals surface area contributed by atoms with E-state index in [0.29, 0.717) is 59.6 Å². The van der Waals surface area contributed by atoms with Crippen LogP contribution in [0.15, 0.2) is 0 Å². The highest BCUT2D eigenvalue weighted by Crippen LogP contribution is 2.43. The van der Waals surface area contributed by atoms with Gasteiger partial charge in [0.05, 0.1) is 12.0 Å². The van der Waals surface area contributed by atoms with Gasteiger partial charge < -0.3 is 54.8 Å². The Morgan fingerprint density at radius 2 is 1.15 bits per heavy atom. The zero-order valence-electron chi connectivity index (χ0n) is 29.7. The topological polar surface area (TPSA) is 148 Å². The minimum atomic E-state index is -4.07. The molecule has 14 nitrogen and oxygen atoms in total. The molecule has 6 aliphatic heterocycles. The number of hydrogen-bond donors (Lipinski definition) is 1.